The van der Waals surface area contributed by atoms with E-state index in [-0.39, 0.29) is 11.9 Å². The van der Waals surface area contributed by atoms with Crippen LogP contribution in [0.4, 0.5) is 0 Å². The lowest BCUT2D eigenvalue weighted by molar-refractivity contribution is -0.141. The highest BCUT2D eigenvalue weighted by Crippen LogP contribution is 2.33. The van der Waals surface area contributed by atoms with E-state index in [9.17, 15) is 4.79 Å². The van der Waals surface area contributed by atoms with Crippen molar-refractivity contribution >= 4 is 16.7 Å². The number of hydrogen-bond donors (Lipinski definition) is 0. The molecule has 0 amide bonds. The van der Waals surface area contributed by atoms with E-state index in [1.807, 2.05) is 30.3 Å². The Kier molecular flexibility index (Phi) is 4.06. The minimum atomic E-state index is -0.173. The van der Waals surface area contributed by atoms with Gasteiger partial charge in [0, 0.05) is 24.0 Å². The van der Waals surface area contributed by atoms with Gasteiger partial charge >= 0.3 is 5.97 Å². The fourth-order valence-corrected chi connectivity index (χ4v) is 2.64. The molecule has 1 fully saturated rings. The van der Waals surface area contributed by atoms with Crippen LogP contribution in [-0.2, 0) is 9.53 Å². The van der Waals surface area contributed by atoms with Crippen LogP contribution in [0.1, 0.15) is 12.8 Å². The van der Waals surface area contributed by atoms with Crippen LogP contribution in [-0.4, -0.2) is 26.3 Å². The van der Waals surface area contributed by atoms with Crippen molar-refractivity contribution in [3.05, 3.63) is 36.4 Å². The summed E-state index contributed by atoms with van der Waals surface area (Å²) in [4.78, 5) is 12.3. The van der Waals surface area contributed by atoms with Crippen molar-refractivity contribution in [1.82, 2.24) is 0 Å². The Morgan fingerprint density at radius 1 is 1.05 bits per heavy atom. The lowest BCUT2D eigenvalue weighted by Crippen LogP contribution is -2.27. The molecule has 1 saturated heterocycles. The average molecular weight is 286 g/mol. The molecule has 0 unspecified atom stereocenters. The second-order valence-electron chi connectivity index (χ2n) is 5.12. The predicted molar refractivity (Wildman–Crippen MR) is 79.7 cm³/mol. The number of benzene rings is 2. The SMILES string of the molecule is COc1ccc(OC(=O)C2CCOCC2)c2ccccc12. The first-order valence-corrected chi connectivity index (χ1v) is 7.15. The van der Waals surface area contributed by atoms with Crippen LogP contribution in [0, 0.1) is 5.92 Å². The quantitative estimate of drug-likeness (QED) is 0.642. The maximum Gasteiger partial charge on any atom is 0.314 e. The summed E-state index contributed by atoms with van der Waals surface area (Å²) < 4.78 is 16.2. The number of methoxy groups -OCH3 is 1. The van der Waals surface area contributed by atoms with Crippen LogP contribution in [0.15, 0.2) is 36.4 Å². The summed E-state index contributed by atoms with van der Waals surface area (Å²) in [5.41, 5.74) is 0. The van der Waals surface area contributed by atoms with Gasteiger partial charge in [-0.3, -0.25) is 4.79 Å². The van der Waals surface area contributed by atoms with Gasteiger partial charge in [0.1, 0.15) is 11.5 Å². The third-order valence-corrected chi connectivity index (χ3v) is 3.83. The standard InChI is InChI=1S/C17H18O4/c1-19-15-6-7-16(14-5-3-2-4-13(14)15)21-17(18)12-8-10-20-11-9-12/h2-7,12H,8-11H2,1H3. The molecule has 4 nitrogen and oxygen atoms in total. The van der Waals surface area contributed by atoms with E-state index in [1.165, 1.54) is 0 Å². The molecule has 0 aromatic heterocycles. The van der Waals surface area contributed by atoms with Gasteiger partial charge in [-0.1, -0.05) is 24.3 Å². The van der Waals surface area contributed by atoms with E-state index in [4.69, 9.17) is 14.2 Å². The number of esters is 1. The minimum Gasteiger partial charge on any atom is -0.496 e. The Bertz CT molecular complexity index is 644. The number of ether oxygens (including phenoxy) is 3. The number of fused-ring (bicyclic) bond motifs is 1. The number of hydrogen-bond acceptors (Lipinski definition) is 4. The maximum atomic E-state index is 12.3. The minimum absolute atomic E-state index is 0.0698. The molecule has 0 atom stereocenters. The zero-order valence-electron chi connectivity index (χ0n) is 12.0. The van der Waals surface area contributed by atoms with Gasteiger partial charge in [0.25, 0.3) is 0 Å². The van der Waals surface area contributed by atoms with Gasteiger partial charge in [-0.25, -0.2) is 0 Å². The van der Waals surface area contributed by atoms with Crippen molar-refractivity contribution in [2.24, 2.45) is 5.92 Å². The van der Waals surface area contributed by atoms with E-state index in [2.05, 4.69) is 0 Å². The van der Waals surface area contributed by atoms with Gasteiger partial charge in [-0.15, -0.1) is 0 Å². The molecule has 0 N–H and O–H groups in total. The molecular formula is C17H18O4. The topological polar surface area (TPSA) is 44.8 Å². The third kappa shape index (κ3) is 2.85. The molecule has 3 rings (SSSR count). The van der Waals surface area contributed by atoms with Crippen LogP contribution < -0.4 is 9.47 Å². The summed E-state index contributed by atoms with van der Waals surface area (Å²) in [5.74, 6) is 1.12. The molecule has 2 aromatic rings. The van der Waals surface area contributed by atoms with E-state index in [0.717, 1.165) is 29.4 Å². The van der Waals surface area contributed by atoms with E-state index >= 15 is 0 Å². The molecule has 1 aliphatic rings. The molecule has 0 saturated carbocycles. The summed E-state index contributed by atoms with van der Waals surface area (Å²) in [6, 6.07) is 11.4. The van der Waals surface area contributed by atoms with Crippen molar-refractivity contribution < 1.29 is 19.0 Å². The van der Waals surface area contributed by atoms with Crippen LogP contribution in [0.3, 0.4) is 0 Å². The normalized spacial score (nSPS) is 15.9. The maximum absolute atomic E-state index is 12.3. The summed E-state index contributed by atoms with van der Waals surface area (Å²) >= 11 is 0. The highest BCUT2D eigenvalue weighted by Gasteiger charge is 2.24. The Labute approximate surface area is 123 Å². The second kappa shape index (κ2) is 6.14. The molecule has 0 aliphatic carbocycles. The van der Waals surface area contributed by atoms with Crippen molar-refractivity contribution in [2.45, 2.75) is 12.8 Å². The summed E-state index contributed by atoms with van der Waals surface area (Å²) in [6.45, 7) is 1.26. The molecule has 21 heavy (non-hydrogen) atoms. The molecular weight excluding hydrogens is 268 g/mol. The van der Waals surface area contributed by atoms with Gasteiger partial charge in [0.2, 0.25) is 0 Å². The predicted octanol–water partition coefficient (Wildman–Crippen LogP) is 3.18. The molecule has 4 heteroatoms. The fourth-order valence-electron chi connectivity index (χ4n) is 2.64. The molecule has 1 heterocycles. The van der Waals surface area contributed by atoms with Crippen LogP contribution in [0.25, 0.3) is 10.8 Å². The lowest BCUT2D eigenvalue weighted by atomic mass is 10.0. The molecule has 2 aromatic carbocycles. The lowest BCUT2D eigenvalue weighted by Gasteiger charge is -2.20. The third-order valence-electron chi connectivity index (χ3n) is 3.83. The Balaban J connectivity index is 1.88. The highest BCUT2D eigenvalue weighted by atomic mass is 16.5. The van der Waals surface area contributed by atoms with Gasteiger partial charge < -0.3 is 14.2 Å². The molecule has 0 bridgehead atoms. The van der Waals surface area contributed by atoms with E-state index < -0.39 is 0 Å². The number of carbonyl (C=O) groups is 1. The second-order valence-corrected chi connectivity index (χ2v) is 5.12. The number of carbonyl (C=O) groups excluding carboxylic acids is 1. The van der Waals surface area contributed by atoms with Crippen molar-refractivity contribution in [3.63, 3.8) is 0 Å². The van der Waals surface area contributed by atoms with E-state index in [1.54, 1.807) is 13.2 Å². The van der Waals surface area contributed by atoms with Crippen molar-refractivity contribution in [1.29, 1.82) is 0 Å². The summed E-state index contributed by atoms with van der Waals surface area (Å²) in [7, 11) is 1.63. The highest BCUT2D eigenvalue weighted by molar-refractivity contribution is 5.94. The first-order valence-electron chi connectivity index (χ1n) is 7.15. The largest absolute Gasteiger partial charge is 0.496 e. The summed E-state index contributed by atoms with van der Waals surface area (Å²) in [5, 5.41) is 1.83. The van der Waals surface area contributed by atoms with Crippen molar-refractivity contribution in [3.8, 4) is 11.5 Å². The zero-order valence-corrected chi connectivity index (χ0v) is 12.0. The molecule has 0 spiro atoms. The van der Waals surface area contributed by atoms with Crippen LogP contribution in [0.5, 0.6) is 11.5 Å². The first-order chi connectivity index (χ1) is 10.3. The van der Waals surface area contributed by atoms with Gasteiger partial charge in [0.15, 0.2) is 0 Å². The van der Waals surface area contributed by atoms with Gasteiger partial charge in [0.05, 0.1) is 13.0 Å². The Morgan fingerprint density at radius 2 is 1.67 bits per heavy atom. The molecule has 1 aliphatic heterocycles. The average Bonchev–Trinajstić information content (AvgIpc) is 2.56. The molecule has 110 valence electrons. The van der Waals surface area contributed by atoms with Crippen molar-refractivity contribution in [2.75, 3.05) is 20.3 Å². The fraction of sp³-hybridized carbons (Fsp3) is 0.353. The van der Waals surface area contributed by atoms with Gasteiger partial charge in [-0.05, 0) is 25.0 Å². The smallest absolute Gasteiger partial charge is 0.314 e. The zero-order chi connectivity index (χ0) is 14.7. The van der Waals surface area contributed by atoms with Gasteiger partial charge in [-0.2, -0.15) is 0 Å². The Hall–Kier alpha value is -2.07. The Morgan fingerprint density at radius 3 is 2.33 bits per heavy atom. The van der Waals surface area contributed by atoms with Crippen LogP contribution in [0.2, 0.25) is 0 Å². The van der Waals surface area contributed by atoms with Crippen LogP contribution >= 0.6 is 0 Å². The monoisotopic (exact) mass is 286 g/mol. The molecule has 0 radical (unpaired) electrons. The first kappa shape index (κ1) is 13.9. The summed E-state index contributed by atoms with van der Waals surface area (Å²) in [6.07, 6.45) is 1.46. The number of rotatable bonds is 3. The van der Waals surface area contributed by atoms with E-state index in [0.29, 0.717) is 19.0 Å².